The van der Waals surface area contributed by atoms with Crippen molar-refractivity contribution in [1.29, 1.82) is 0 Å². The SMILES string of the molecule is O=C(Nc1cccc(N2CCCC2)c1)C(F)(F)F. The number of amides is 1. The summed E-state index contributed by atoms with van der Waals surface area (Å²) in [4.78, 5) is 12.9. The van der Waals surface area contributed by atoms with Crippen molar-refractivity contribution < 1.29 is 18.0 Å². The number of nitrogens with one attached hydrogen (secondary N) is 1. The van der Waals surface area contributed by atoms with E-state index in [1.54, 1.807) is 12.1 Å². The highest BCUT2D eigenvalue weighted by atomic mass is 19.4. The lowest BCUT2D eigenvalue weighted by atomic mass is 10.2. The van der Waals surface area contributed by atoms with Crippen molar-refractivity contribution >= 4 is 17.3 Å². The molecule has 0 spiro atoms. The van der Waals surface area contributed by atoms with Crippen molar-refractivity contribution in [2.24, 2.45) is 0 Å². The Bertz CT molecular complexity index is 439. The Labute approximate surface area is 103 Å². The topological polar surface area (TPSA) is 32.3 Å². The lowest BCUT2D eigenvalue weighted by Gasteiger charge is -2.18. The summed E-state index contributed by atoms with van der Waals surface area (Å²) < 4.78 is 36.3. The van der Waals surface area contributed by atoms with Gasteiger partial charge in [-0.05, 0) is 31.0 Å². The van der Waals surface area contributed by atoms with E-state index in [1.807, 2.05) is 11.4 Å². The fraction of sp³-hybridized carbons (Fsp3) is 0.417. The van der Waals surface area contributed by atoms with Crippen LogP contribution >= 0.6 is 0 Å². The van der Waals surface area contributed by atoms with Crippen LogP contribution in [0, 0.1) is 0 Å². The van der Waals surface area contributed by atoms with Crippen LogP contribution in [0.5, 0.6) is 0 Å². The molecule has 1 fully saturated rings. The number of nitrogens with zero attached hydrogens (tertiary/aromatic N) is 1. The van der Waals surface area contributed by atoms with Crippen molar-refractivity contribution in [3.05, 3.63) is 24.3 Å². The molecule has 1 saturated heterocycles. The van der Waals surface area contributed by atoms with Gasteiger partial charge in [-0.1, -0.05) is 6.07 Å². The van der Waals surface area contributed by atoms with E-state index in [-0.39, 0.29) is 5.69 Å². The van der Waals surface area contributed by atoms with E-state index >= 15 is 0 Å². The van der Waals surface area contributed by atoms with E-state index in [0.29, 0.717) is 0 Å². The molecule has 1 aliphatic rings. The normalized spacial score (nSPS) is 15.8. The maximum atomic E-state index is 12.1. The van der Waals surface area contributed by atoms with Gasteiger partial charge in [-0.2, -0.15) is 13.2 Å². The molecule has 0 atom stereocenters. The number of anilines is 2. The second-order valence-corrected chi connectivity index (χ2v) is 4.20. The van der Waals surface area contributed by atoms with Crippen LogP contribution in [-0.4, -0.2) is 25.2 Å². The smallest absolute Gasteiger partial charge is 0.371 e. The van der Waals surface area contributed by atoms with Gasteiger partial charge in [0.1, 0.15) is 0 Å². The summed E-state index contributed by atoms with van der Waals surface area (Å²) in [6.45, 7) is 1.80. The molecule has 0 radical (unpaired) electrons. The van der Waals surface area contributed by atoms with Crippen LogP contribution in [0.25, 0.3) is 0 Å². The highest BCUT2D eigenvalue weighted by Gasteiger charge is 2.38. The van der Waals surface area contributed by atoms with E-state index in [1.165, 1.54) is 6.07 Å². The molecule has 18 heavy (non-hydrogen) atoms. The van der Waals surface area contributed by atoms with Crippen LogP contribution in [0.3, 0.4) is 0 Å². The third-order valence-corrected chi connectivity index (χ3v) is 2.83. The number of rotatable bonds is 2. The number of hydrogen-bond acceptors (Lipinski definition) is 2. The van der Waals surface area contributed by atoms with E-state index in [2.05, 4.69) is 4.90 Å². The number of carbonyl (C=O) groups is 1. The van der Waals surface area contributed by atoms with E-state index in [9.17, 15) is 18.0 Å². The fourth-order valence-electron chi connectivity index (χ4n) is 1.96. The van der Waals surface area contributed by atoms with Gasteiger partial charge in [0.15, 0.2) is 0 Å². The van der Waals surface area contributed by atoms with Crippen LogP contribution in [0.1, 0.15) is 12.8 Å². The van der Waals surface area contributed by atoms with Crippen LogP contribution in [0.4, 0.5) is 24.5 Å². The Balaban J connectivity index is 2.10. The first-order valence-electron chi connectivity index (χ1n) is 5.70. The second kappa shape index (κ2) is 4.88. The minimum absolute atomic E-state index is 0.168. The zero-order valence-electron chi connectivity index (χ0n) is 9.63. The van der Waals surface area contributed by atoms with Gasteiger partial charge in [0.2, 0.25) is 0 Å². The van der Waals surface area contributed by atoms with E-state index in [4.69, 9.17) is 0 Å². The zero-order valence-corrected chi connectivity index (χ0v) is 9.63. The maximum absolute atomic E-state index is 12.1. The molecule has 2 rings (SSSR count). The molecule has 0 unspecified atom stereocenters. The minimum atomic E-state index is -4.86. The van der Waals surface area contributed by atoms with Gasteiger partial charge < -0.3 is 10.2 Å². The van der Waals surface area contributed by atoms with Crippen LogP contribution in [-0.2, 0) is 4.79 Å². The largest absolute Gasteiger partial charge is 0.471 e. The van der Waals surface area contributed by atoms with Gasteiger partial charge in [-0.15, -0.1) is 0 Å². The standard InChI is InChI=1S/C12H13F3N2O/c13-12(14,15)11(18)16-9-4-3-5-10(8-9)17-6-1-2-7-17/h3-5,8H,1-2,6-7H2,(H,16,18). The molecule has 1 aromatic carbocycles. The van der Waals surface area contributed by atoms with Gasteiger partial charge in [-0.3, -0.25) is 4.79 Å². The average Bonchev–Trinajstić information content (AvgIpc) is 2.81. The molecule has 0 aromatic heterocycles. The van der Waals surface area contributed by atoms with E-state index in [0.717, 1.165) is 31.6 Å². The van der Waals surface area contributed by atoms with Crippen molar-refractivity contribution in [3.63, 3.8) is 0 Å². The number of halogens is 3. The Morgan fingerprint density at radius 2 is 1.89 bits per heavy atom. The Hall–Kier alpha value is -1.72. The second-order valence-electron chi connectivity index (χ2n) is 4.20. The summed E-state index contributed by atoms with van der Waals surface area (Å²) >= 11 is 0. The maximum Gasteiger partial charge on any atom is 0.471 e. The number of hydrogen-bond donors (Lipinski definition) is 1. The Morgan fingerprint density at radius 3 is 2.50 bits per heavy atom. The molecule has 3 nitrogen and oxygen atoms in total. The summed E-state index contributed by atoms with van der Waals surface area (Å²) in [5, 5.41) is 1.86. The summed E-state index contributed by atoms with van der Waals surface area (Å²) in [5.41, 5.74) is 1.01. The molecule has 1 aliphatic heterocycles. The predicted octanol–water partition coefficient (Wildman–Crippen LogP) is 2.79. The lowest BCUT2D eigenvalue weighted by molar-refractivity contribution is -0.167. The Kier molecular flexibility index (Phi) is 3.45. The fourth-order valence-corrected chi connectivity index (χ4v) is 1.96. The monoisotopic (exact) mass is 258 g/mol. The highest BCUT2D eigenvalue weighted by molar-refractivity contribution is 5.95. The average molecular weight is 258 g/mol. The molecular formula is C12H13F3N2O. The highest BCUT2D eigenvalue weighted by Crippen LogP contribution is 2.24. The number of carbonyl (C=O) groups excluding carboxylic acids is 1. The minimum Gasteiger partial charge on any atom is -0.371 e. The first kappa shape index (κ1) is 12.7. The summed E-state index contributed by atoms with van der Waals surface area (Å²) in [6, 6.07) is 6.48. The van der Waals surface area contributed by atoms with Crippen LogP contribution in [0.2, 0.25) is 0 Å². The molecule has 0 aliphatic carbocycles. The summed E-state index contributed by atoms with van der Waals surface area (Å²) in [7, 11) is 0. The molecule has 98 valence electrons. The number of alkyl halides is 3. The summed E-state index contributed by atoms with van der Waals surface area (Å²) in [5.74, 6) is -1.94. The van der Waals surface area contributed by atoms with Crippen molar-refractivity contribution in [3.8, 4) is 0 Å². The molecule has 0 saturated carbocycles. The first-order chi connectivity index (χ1) is 8.47. The zero-order chi connectivity index (χ0) is 13.2. The van der Waals surface area contributed by atoms with E-state index < -0.39 is 12.1 Å². The third-order valence-electron chi connectivity index (χ3n) is 2.83. The molecule has 1 amide bonds. The van der Waals surface area contributed by atoms with Gasteiger partial charge in [0.05, 0.1) is 0 Å². The molecule has 6 heteroatoms. The Morgan fingerprint density at radius 1 is 1.22 bits per heavy atom. The van der Waals surface area contributed by atoms with Crippen molar-refractivity contribution in [2.45, 2.75) is 19.0 Å². The van der Waals surface area contributed by atoms with Crippen molar-refractivity contribution in [1.82, 2.24) is 0 Å². The quantitative estimate of drug-likeness (QED) is 0.884. The molecule has 0 bridgehead atoms. The van der Waals surface area contributed by atoms with Gasteiger partial charge in [0, 0.05) is 24.5 Å². The molecule has 1 aromatic rings. The lowest BCUT2D eigenvalue weighted by Crippen LogP contribution is -2.30. The number of benzene rings is 1. The molecule has 1 heterocycles. The first-order valence-corrected chi connectivity index (χ1v) is 5.70. The van der Waals surface area contributed by atoms with Crippen LogP contribution in [0.15, 0.2) is 24.3 Å². The molecule has 1 N–H and O–H groups in total. The third kappa shape index (κ3) is 2.94. The predicted molar refractivity (Wildman–Crippen MR) is 62.6 cm³/mol. The summed E-state index contributed by atoms with van der Waals surface area (Å²) in [6.07, 6.45) is -2.69. The van der Waals surface area contributed by atoms with Gasteiger partial charge in [-0.25, -0.2) is 0 Å². The van der Waals surface area contributed by atoms with Crippen molar-refractivity contribution in [2.75, 3.05) is 23.3 Å². The van der Waals surface area contributed by atoms with Gasteiger partial charge >= 0.3 is 12.1 Å². The van der Waals surface area contributed by atoms with Crippen LogP contribution < -0.4 is 10.2 Å². The molecular weight excluding hydrogens is 245 g/mol. The van der Waals surface area contributed by atoms with Gasteiger partial charge in [0.25, 0.3) is 0 Å².